The number of hydrogen-bond donors (Lipinski definition) is 1. The second-order valence-corrected chi connectivity index (χ2v) is 4.20. The summed E-state index contributed by atoms with van der Waals surface area (Å²) in [6, 6.07) is 7.87. The van der Waals surface area contributed by atoms with Gasteiger partial charge in [-0.15, -0.1) is 0 Å². The Hall–Kier alpha value is -1.94. The third-order valence-corrected chi connectivity index (χ3v) is 2.63. The lowest BCUT2D eigenvalue weighted by Gasteiger charge is -2.13. The molecule has 94 valence electrons. The molecule has 1 aromatic carbocycles. The van der Waals surface area contributed by atoms with Gasteiger partial charge < -0.3 is 10.5 Å². The van der Waals surface area contributed by atoms with E-state index < -0.39 is 0 Å². The number of nitrogens with two attached hydrogens (primary N) is 1. The van der Waals surface area contributed by atoms with Crippen LogP contribution in [-0.2, 0) is 0 Å². The number of aryl methyl sites for hydroxylation is 1. The smallest absolute Gasteiger partial charge is 0.223 e. The Kier molecular flexibility index (Phi) is 3.58. The molecule has 1 atom stereocenters. The van der Waals surface area contributed by atoms with E-state index in [1.807, 2.05) is 19.1 Å². The Bertz CT molecular complexity index is 555. The predicted molar refractivity (Wildman–Crippen MR) is 68.1 cm³/mol. The highest BCUT2D eigenvalue weighted by atomic mass is 19.1. The van der Waals surface area contributed by atoms with Crippen LogP contribution in [0.5, 0.6) is 11.6 Å². The van der Waals surface area contributed by atoms with Crippen molar-refractivity contribution >= 4 is 0 Å². The normalized spacial score (nSPS) is 12.2. The van der Waals surface area contributed by atoms with E-state index in [2.05, 4.69) is 4.98 Å². The molecule has 0 bridgehead atoms. The summed E-state index contributed by atoms with van der Waals surface area (Å²) in [6.07, 6.45) is 1.64. The molecule has 0 aliphatic rings. The molecule has 4 heteroatoms. The molecular weight excluding hydrogens is 231 g/mol. The Morgan fingerprint density at radius 1 is 1.33 bits per heavy atom. The Balaban J connectivity index is 2.34. The first-order chi connectivity index (χ1) is 8.58. The van der Waals surface area contributed by atoms with Crippen molar-refractivity contribution < 1.29 is 9.13 Å². The Morgan fingerprint density at radius 2 is 2.11 bits per heavy atom. The van der Waals surface area contributed by atoms with Crippen LogP contribution in [-0.4, -0.2) is 4.98 Å². The molecule has 0 radical (unpaired) electrons. The van der Waals surface area contributed by atoms with Gasteiger partial charge in [-0.1, -0.05) is 6.07 Å². The van der Waals surface area contributed by atoms with Gasteiger partial charge >= 0.3 is 0 Å². The highest BCUT2D eigenvalue weighted by Crippen LogP contribution is 2.28. The summed E-state index contributed by atoms with van der Waals surface area (Å²) < 4.78 is 18.7. The number of benzene rings is 1. The minimum absolute atomic E-state index is 0.172. The summed E-state index contributed by atoms with van der Waals surface area (Å²) in [6.45, 7) is 3.65. The SMILES string of the molecule is Cc1cc(F)ccc1Oc1ncccc1[C@H](C)N. The number of aromatic nitrogens is 1. The number of pyridine rings is 1. The first-order valence-electron chi connectivity index (χ1n) is 5.72. The van der Waals surface area contributed by atoms with Crippen LogP contribution in [0.15, 0.2) is 36.5 Å². The van der Waals surface area contributed by atoms with E-state index >= 15 is 0 Å². The van der Waals surface area contributed by atoms with Crippen LogP contribution in [0.2, 0.25) is 0 Å². The molecule has 1 aromatic heterocycles. The molecule has 0 spiro atoms. The highest BCUT2D eigenvalue weighted by Gasteiger charge is 2.11. The first-order valence-corrected chi connectivity index (χ1v) is 5.72. The molecule has 1 heterocycles. The molecule has 0 aliphatic heterocycles. The molecule has 0 amide bonds. The fourth-order valence-corrected chi connectivity index (χ4v) is 1.67. The van der Waals surface area contributed by atoms with Gasteiger partial charge in [-0.2, -0.15) is 0 Å². The van der Waals surface area contributed by atoms with Crippen molar-refractivity contribution in [1.82, 2.24) is 4.98 Å². The van der Waals surface area contributed by atoms with E-state index in [1.54, 1.807) is 19.2 Å². The summed E-state index contributed by atoms with van der Waals surface area (Å²) in [4.78, 5) is 4.16. The Labute approximate surface area is 105 Å². The van der Waals surface area contributed by atoms with Crippen LogP contribution in [0.1, 0.15) is 24.1 Å². The van der Waals surface area contributed by atoms with Gasteiger partial charge in [0.2, 0.25) is 5.88 Å². The third-order valence-electron chi connectivity index (χ3n) is 2.63. The zero-order valence-corrected chi connectivity index (χ0v) is 10.4. The van der Waals surface area contributed by atoms with Crippen molar-refractivity contribution in [2.24, 2.45) is 5.73 Å². The largest absolute Gasteiger partial charge is 0.438 e. The molecule has 0 fully saturated rings. The zero-order valence-electron chi connectivity index (χ0n) is 10.4. The summed E-state index contributed by atoms with van der Waals surface area (Å²) >= 11 is 0. The predicted octanol–water partition coefficient (Wildman–Crippen LogP) is 3.34. The van der Waals surface area contributed by atoms with Crippen LogP contribution in [0.25, 0.3) is 0 Å². The van der Waals surface area contributed by atoms with Gasteiger partial charge in [-0.05, 0) is 43.7 Å². The fourth-order valence-electron chi connectivity index (χ4n) is 1.67. The van der Waals surface area contributed by atoms with Crippen LogP contribution >= 0.6 is 0 Å². The second-order valence-electron chi connectivity index (χ2n) is 4.20. The monoisotopic (exact) mass is 246 g/mol. The van der Waals surface area contributed by atoms with Crippen LogP contribution in [0.4, 0.5) is 4.39 Å². The van der Waals surface area contributed by atoms with E-state index in [0.29, 0.717) is 11.6 Å². The molecule has 2 aromatic rings. The number of halogens is 1. The zero-order chi connectivity index (χ0) is 13.1. The lowest BCUT2D eigenvalue weighted by Crippen LogP contribution is -2.07. The van der Waals surface area contributed by atoms with E-state index in [4.69, 9.17) is 10.5 Å². The third kappa shape index (κ3) is 2.65. The van der Waals surface area contributed by atoms with Gasteiger partial charge in [0.05, 0.1) is 0 Å². The lowest BCUT2D eigenvalue weighted by molar-refractivity contribution is 0.447. The topological polar surface area (TPSA) is 48.1 Å². The van der Waals surface area contributed by atoms with Crippen molar-refractivity contribution in [2.75, 3.05) is 0 Å². The molecule has 2 rings (SSSR count). The van der Waals surface area contributed by atoms with Crippen molar-refractivity contribution in [1.29, 1.82) is 0 Å². The van der Waals surface area contributed by atoms with Crippen molar-refractivity contribution in [2.45, 2.75) is 19.9 Å². The fraction of sp³-hybridized carbons (Fsp3) is 0.214. The number of hydrogen-bond acceptors (Lipinski definition) is 3. The molecule has 0 aliphatic carbocycles. The average molecular weight is 246 g/mol. The van der Waals surface area contributed by atoms with Crippen LogP contribution in [0.3, 0.4) is 0 Å². The van der Waals surface area contributed by atoms with Crippen molar-refractivity contribution in [3.8, 4) is 11.6 Å². The highest BCUT2D eigenvalue weighted by molar-refractivity contribution is 5.38. The summed E-state index contributed by atoms with van der Waals surface area (Å²) in [5.74, 6) is 0.757. The number of ether oxygens (including phenoxy) is 1. The molecule has 2 N–H and O–H groups in total. The van der Waals surface area contributed by atoms with Crippen LogP contribution in [0, 0.1) is 12.7 Å². The summed E-state index contributed by atoms with van der Waals surface area (Å²) in [5, 5.41) is 0. The van der Waals surface area contributed by atoms with Gasteiger partial charge in [0.25, 0.3) is 0 Å². The van der Waals surface area contributed by atoms with Crippen molar-refractivity contribution in [3.63, 3.8) is 0 Å². The van der Waals surface area contributed by atoms with Crippen LogP contribution < -0.4 is 10.5 Å². The minimum atomic E-state index is -0.284. The number of nitrogens with zero attached hydrogens (tertiary/aromatic N) is 1. The van der Waals surface area contributed by atoms with Gasteiger partial charge in [0, 0.05) is 17.8 Å². The minimum Gasteiger partial charge on any atom is -0.438 e. The van der Waals surface area contributed by atoms with E-state index in [-0.39, 0.29) is 11.9 Å². The second kappa shape index (κ2) is 5.14. The van der Waals surface area contributed by atoms with Crippen molar-refractivity contribution in [3.05, 3.63) is 53.5 Å². The molecule has 0 saturated carbocycles. The maximum absolute atomic E-state index is 13.0. The lowest BCUT2D eigenvalue weighted by atomic mass is 10.1. The molecule has 3 nitrogen and oxygen atoms in total. The quantitative estimate of drug-likeness (QED) is 0.903. The first kappa shape index (κ1) is 12.5. The maximum Gasteiger partial charge on any atom is 0.223 e. The average Bonchev–Trinajstić information content (AvgIpc) is 2.33. The Morgan fingerprint density at radius 3 is 2.78 bits per heavy atom. The van der Waals surface area contributed by atoms with E-state index in [0.717, 1.165) is 11.1 Å². The number of rotatable bonds is 3. The summed E-state index contributed by atoms with van der Waals surface area (Å²) in [5.41, 5.74) is 7.39. The van der Waals surface area contributed by atoms with E-state index in [1.165, 1.54) is 12.1 Å². The van der Waals surface area contributed by atoms with Gasteiger partial charge in [0.15, 0.2) is 0 Å². The molecule has 18 heavy (non-hydrogen) atoms. The summed E-state index contributed by atoms with van der Waals surface area (Å²) in [7, 11) is 0. The molecule has 0 unspecified atom stereocenters. The van der Waals surface area contributed by atoms with E-state index in [9.17, 15) is 4.39 Å². The molecule has 0 saturated heterocycles. The standard InChI is InChI=1S/C14H15FN2O/c1-9-8-11(15)5-6-13(9)18-14-12(10(2)16)4-3-7-17-14/h3-8,10H,16H2,1-2H3/t10-/m0/s1. The van der Waals surface area contributed by atoms with Gasteiger partial charge in [0.1, 0.15) is 11.6 Å². The molecular formula is C14H15FN2O. The van der Waals surface area contributed by atoms with Gasteiger partial charge in [-0.25, -0.2) is 9.37 Å². The maximum atomic E-state index is 13.0. The van der Waals surface area contributed by atoms with Gasteiger partial charge in [-0.3, -0.25) is 0 Å².